The van der Waals surface area contributed by atoms with Crippen LogP contribution in [0, 0.1) is 0 Å². The van der Waals surface area contributed by atoms with E-state index < -0.39 is 31.2 Å². The van der Waals surface area contributed by atoms with Crippen molar-refractivity contribution < 1.29 is 52.6 Å². The van der Waals surface area contributed by atoms with E-state index in [2.05, 4.69) is 0 Å². The first-order valence-electron chi connectivity index (χ1n) is 2.10. The predicted octanol–water partition coefficient (Wildman–Crippen LogP) is -1.32. The highest BCUT2D eigenvalue weighted by atomic mass is 32.3. The third-order valence-corrected chi connectivity index (χ3v) is 0. The summed E-state index contributed by atoms with van der Waals surface area (Å²) < 4.78 is 94.8. The van der Waals surface area contributed by atoms with E-state index in [4.69, 9.17) is 52.6 Å². The lowest BCUT2D eigenvalue weighted by Gasteiger charge is -1.68. The molecule has 0 saturated heterocycles. The maximum Gasteiger partial charge on any atom is 0.394 e. The Bertz CT molecular complexity index is 337. The quantitative estimate of drug-likeness (QED) is 0.286. The molecule has 15 heteroatoms. The Morgan fingerprint density at radius 2 is 0.438 bits per heavy atom. The highest BCUT2D eigenvalue weighted by Gasteiger charge is 1.85. The molecule has 0 aromatic carbocycles. The minimum absolute atomic E-state index is 0. The van der Waals surface area contributed by atoms with Crippen molar-refractivity contribution in [2.24, 2.45) is 0 Å². The second-order valence-corrected chi connectivity index (χ2v) is 4.03. The lowest BCUT2D eigenvalue weighted by atomic mass is 12.0. The fourth-order valence-electron chi connectivity index (χ4n) is 0. The SMILES string of the molecule is C.O=S(=O)(O)O.O=S(=O)(O)O.O=S(=O)(O)O. The van der Waals surface area contributed by atoms with Gasteiger partial charge < -0.3 is 0 Å². The molecule has 0 spiro atoms. The molecule has 16 heavy (non-hydrogen) atoms. The zero-order valence-corrected chi connectivity index (χ0v) is 8.81. The standard InChI is InChI=1S/CH4.3H2O4S/c;3*1-5(2,3)4/h1H4;3*(H2,1,2,3,4). The van der Waals surface area contributed by atoms with Gasteiger partial charge in [-0.2, -0.15) is 25.3 Å². The molecule has 0 aromatic rings. The minimum Gasteiger partial charge on any atom is -0.264 e. The van der Waals surface area contributed by atoms with E-state index in [0.717, 1.165) is 0 Å². The predicted molar refractivity (Wildman–Crippen MR) is 49.3 cm³/mol. The van der Waals surface area contributed by atoms with Crippen LogP contribution in [0.2, 0.25) is 0 Å². The van der Waals surface area contributed by atoms with Gasteiger partial charge in [0.1, 0.15) is 0 Å². The Labute approximate surface area is 91.7 Å². The van der Waals surface area contributed by atoms with Crippen LogP contribution in [-0.2, 0) is 31.2 Å². The van der Waals surface area contributed by atoms with E-state index in [1.165, 1.54) is 0 Å². The van der Waals surface area contributed by atoms with Gasteiger partial charge in [-0.1, -0.05) is 7.43 Å². The second-order valence-electron chi connectivity index (χ2n) is 1.34. The molecule has 0 aromatic heterocycles. The fraction of sp³-hybridized carbons (Fsp3) is 1.00. The second kappa shape index (κ2) is 8.73. The van der Waals surface area contributed by atoms with E-state index in [9.17, 15) is 0 Å². The van der Waals surface area contributed by atoms with E-state index in [1.807, 2.05) is 0 Å². The summed E-state index contributed by atoms with van der Waals surface area (Å²) in [6.07, 6.45) is 0. The molecule has 0 aliphatic rings. The number of hydrogen-bond donors (Lipinski definition) is 6. The Kier molecular flexibility index (Phi) is 13.5. The average Bonchev–Trinajstić information content (AvgIpc) is 1.41. The first kappa shape index (κ1) is 24.7. The van der Waals surface area contributed by atoms with Crippen molar-refractivity contribution in [2.75, 3.05) is 0 Å². The summed E-state index contributed by atoms with van der Waals surface area (Å²) in [5, 5.41) is 0. The molecular formula is CH10O12S3. The molecule has 0 radical (unpaired) electrons. The van der Waals surface area contributed by atoms with Crippen molar-refractivity contribution in [2.45, 2.75) is 7.43 Å². The van der Waals surface area contributed by atoms with Gasteiger partial charge in [0.25, 0.3) is 0 Å². The number of rotatable bonds is 0. The largest absolute Gasteiger partial charge is 0.394 e. The van der Waals surface area contributed by atoms with Crippen LogP contribution in [0.1, 0.15) is 7.43 Å². The van der Waals surface area contributed by atoms with Crippen LogP contribution in [0.25, 0.3) is 0 Å². The van der Waals surface area contributed by atoms with E-state index in [-0.39, 0.29) is 7.43 Å². The Morgan fingerprint density at radius 3 is 0.438 bits per heavy atom. The first-order valence-corrected chi connectivity index (χ1v) is 6.29. The van der Waals surface area contributed by atoms with Crippen LogP contribution in [0.4, 0.5) is 0 Å². The molecule has 0 aliphatic heterocycles. The van der Waals surface area contributed by atoms with Crippen LogP contribution < -0.4 is 0 Å². The molecule has 104 valence electrons. The summed E-state index contributed by atoms with van der Waals surface area (Å²) in [6.45, 7) is 0. The molecule has 0 fully saturated rings. The van der Waals surface area contributed by atoms with Crippen molar-refractivity contribution in [1.82, 2.24) is 0 Å². The average molecular weight is 310 g/mol. The van der Waals surface area contributed by atoms with Crippen LogP contribution in [0.3, 0.4) is 0 Å². The van der Waals surface area contributed by atoms with Gasteiger partial charge in [-0.05, 0) is 0 Å². The van der Waals surface area contributed by atoms with Crippen molar-refractivity contribution in [1.29, 1.82) is 0 Å². The van der Waals surface area contributed by atoms with Gasteiger partial charge >= 0.3 is 31.2 Å². The molecule has 12 nitrogen and oxygen atoms in total. The molecule has 0 unspecified atom stereocenters. The van der Waals surface area contributed by atoms with Crippen molar-refractivity contribution in [3.05, 3.63) is 0 Å². The van der Waals surface area contributed by atoms with Gasteiger partial charge in [0.2, 0.25) is 0 Å². The maximum atomic E-state index is 8.74. The van der Waals surface area contributed by atoms with Crippen LogP contribution in [-0.4, -0.2) is 52.6 Å². The topological polar surface area (TPSA) is 224 Å². The van der Waals surface area contributed by atoms with Crippen LogP contribution in [0.5, 0.6) is 0 Å². The smallest absolute Gasteiger partial charge is 0.264 e. The van der Waals surface area contributed by atoms with Crippen molar-refractivity contribution >= 4 is 31.2 Å². The molecular weight excluding hydrogens is 300 g/mol. The monoisotopic (exact) mass is 310 g/mol. The van der Waals surface area contributed by atoms with Gasteiger partial charge in [0.05, 0.1) is 0 Å². The number of hydrogen-bond acceptors (Lipinski definition) is 6. The van der Waals surface area contributed by atoms with Crippen molar-refractivity contribution in [3.8, 4) is 0 Å². The Hall–Kier alpha value is -0.390. The summed E-state index contributed by atoms with van der Waals surface area (Å²) in [5.41, 5.74) is 0. The van der Waals surface area contributed by atoms with Crippen LogP contribution >= 0.6 is 0 Å². The van der Waals surface area contributed by atoms with E-state index >= 15 is 0 Å². The Balaban J connectivity index is -0.0000000655. The molecule has 0 amide bonds. The van der Waals surface area contributed by atoms with Gasteiger partial charge in [-0.3, -0.25) is 27.3 Å². The third-order valence-electron chi connectivity index (χ3n) is 0. The summed E-state index contributed by atoms with van der Waals surface area (Å²) in [5.74, 6) is 0. The molecule has 0 heterocycles. The molecule has 0 saturated carbocycles. The molecule has 0 rings (SSSR count). The summed E-state index contributed by atoms with van der Waals surface area (Å²) >= 11 is 0. The summed E-state index contributed by atoms with van der Waals surface area (Å²) in [6, 6.07) is 0. The molecule has 0 atom stereocenters. The lowest BCUT2D eigenvalue weighted by molar-refractivity contribution is 0.378. The summed E-state index contributed by atoms with van der Waals surface area (Å²) in [4.78, 5) is 0. The van der Waals surface area contributed by atoms with Gasteiger partial charge in [0.15, 0.2) is 0 Å². The third kappa shape index (κ3) is 14200. The molecule has 0 aliphatic carbocycles. The van der Waals surface area contributed by atoms with Gasteiger partial charge in [0, 0.05) is 0 Å². The van der Waals surface area contributed by atoms with Gasteiger partial charge in [-0.15, -0.1) is 0 Å². The summed E-state index contributed by atoms with van der Waals surface area (Å²) in [7, 11) is -14.0. The van der Waals surface area contributed by atoms with E-state index in [0.29, 0.717) is 0 Å². The zero-order chi connectivity index (χ0) is 13.5. The minimum atomic E-state index is -4.67. The molecule has 0 bridgehead atoms. The maximum absolute atomic E-state index is 8.74. The highest BCUT2D eigenvalue weighted by Crippen LogP contribution is 1.60. The normalized spacial score (nSPS) is 10.9. The zero-order valence-electron chi connectivity index (χ0n) is 6.36. The Morgan fingerprint density at radius 1 is 0.438 bits per heavy atom. The van der Waals surface area contributed by atoms with Crippen molar-refractivity contribution in [3.63, 3.8) is 0 Å². The first-order chi connectivity index (χ1) is 6.00. The van der Waals surface area contributed by atoms with Crippen LogP contribution in [0.15, 0.2) is 0 Å². The highest BCUT2D eigenvalue weighted by molar-refractivity contribution is 7.80. The molecule has 6 N–H and O–H groups in total. The lowest BCUT2D eigenvalue weighted by Crippen LogP contribution is -1.89. The fourth-order valence-corrected chi connectivity index (χ4v) is 0. The van der Waals surface area contributed by atoms with Gasteiger partial charge in [-0.25, -0.2) is 0 Å². The van der Waals surface area contributed by atoms with E-state index in [1.54, 1.807) is 0 Å².